The summed E-state index contributed by atoms with van der Waals surface area (Å²) < 4.78 is 11.1. The van der Waals surface area contributed by atoms with Crippen LogP contribution in [0.4, 0.5) is 17.1 Å². The monoisotopic (exact) mass is 533 g/mol. The van der Waals surface area contributed by atoms with Gasteiger partial charge < -0.3 is 14.4 Å². The van der Waals surface area contributed by atoms with Gasteiger partial charge in [0.05, 0.1) is 11.6 Å². The summed E-state index contributed by atoms with van der Waals surface area (Å²) >= 11 is 0. The molecular weight excluding hydrogens is 498 g/mol. The SMILES string of the molecule is C=CC(=O)OC(C)C(c1ccc(N(c2ccc(C)c(C)c2)c2cccc3ccccc23)cc1)C(C)OC(=O)C=C. The lowest BCUT2D eigenvalue weighted by Gasteiger charge is -2.30. The van der Waals surface area contributed by atoms with Crippen LogP contribution in [0.2, 0.25) is 0 Å². The number of rotatable bonds is 10. The van der Waals surface area contributed by atoms with E-state index in [1.165, 1.54) is 11.1 Å². The molecule has 0 aliphatic rings. The van der Waals surface area contributed by atoms with Crippen molar-refractivity contribution in [2.24, 2.45) is 0 Å². The Morgan fingerprint density at radius 2 is 1.30 bits per heavy atom. The predicted octanol–water partition coefficient (Wildman–Crippen LogP) is 8.25. The summed E-state index contributed by atoms with van der Waals surface area (Å²) in [7, 11) is 0. The Kier molecular flexibility index (Phi) is 8.85. The smallest absolute Gasteiger partial charge is 0.330 e. The van der Waals surface area contributed by atoms with Gasteiger partial charge in [-0.05, 0) is 80.1 Å². The maximum atomic E-state index is 12.0. The molecule has 4 rings (SSSR count). The first-order valence-corrected chi connectivity index (χ1v) is 13.3. The highest BCUT2D eigenvalue weighted by molar-refractivity contribution is 5.98. The Morgan fingerprint density at radius 1 is 0.725 bits per heavy atom. The van der Waals surface area contributed by atoms with Crippen molar-refractivity contribution in [3.8, 4) is 0 Å². The molecule has 0 amide bonds. The molecule has 0 aliphatic heterocycles. The molecule has 0 fully saturated rings. The molecule has 0 N–H and O–H groups in total. The standard InChI is InChI=1S/C35H35NO4/c1-7-33(37)39-25(5)35(26(6)40-34(38)8-2)28-17-20-29(21-18-28)36(30-19-16-23(3)24(4)22-30)32-15-11-13-27-12-9-10-14-31(27)32/h7-22,25-26,35H,1-2H2,3-6H3. The lowest BCUT2D eigenvalue weighted by atomic mass is 9.89. The molecule has 4 aromatic rings. The highest BCUT2D eigenvalue weighted by Gasteiger charge is 2.30. The summed E-state index contributed by atoms with van der Waals surface area (Å²) in [5.41, 5.74) is 6.38. The Balaban J connectivity index is 1.81. The lowest BCUT2D eigenvalue weighted by Crippen LogP contribution is -2.32. The van der Waals surface area contributed by atoms with Gasteiger partial charge >= 0.3 is 11.9 Å². The van der Waals surface area contributed by atoms with Crippen LogP contribution in [0.3, 0.4) is 0 Å². The fraction of sp³-hybridized carbons (Fsp3) is 0.200. The van der Waals surface area contributed by atoms with Crippen LogP contribution in [0.15, 0.2) is 110 Å². The second kappa shape index (κ2) is 12.5. The van der Waals surface area contributed by atoms with Gasteiger partial charge in [0, 0.05) is 28.9 Å². The zero-order chi connectivity index (χ0) is 28.8. The first kappa shape index (κ1) is 28.4. The van der Waals surface area contributed by atoms with Gasteiger partial charge in [-0.2, -0.15) is 0 Å². The quantitative estimate of drug-likeness (QED) is 0.152. The minimum Gasteiger partial charge on any atom is -0.459 e. The second-order valence-corrected chi connectivity index (χ2v) is 9.91. The van der Waals surface area contributed by atoms with Crippen LogP contribution < -0.4 is 4.90 Å². The first-order valence-electron chi connectivity index (χ1n) is 13.3. The number of fused-ring (bicyclic) bond motifs is 1. The Hall–Kier alpha value is -4.64. The minimum atomic E-state index is -0.571. The third-order valence-corrected chi connectivity index (χ3v) is 7.24. The van der Waals surface area contributed by atoms with Crippen molar-refractivity contribution >= 4 is 39.8 Å². The number of esters is 2. The molecule has 204 valence electrons. The van der Waals surface area contributed by atoms with E-state index >= 15 is 0 Å². The van der Waals surface area contributed by atoms with Crippen molar-refractivity contribution in [3.05, 3.63) is 127 Å². The normalized spacial score (nSPS) is 13.1. The third-order valence-electron chi connectivity index (χ3n) is 7.24. The van der Waals surface area contributed by atoms with E-state index in [9.17, 15) is 9.59 Å². The highest BCUT2D eigenvalue weighted by Crippen LogP contribution is 2.40. The summed E-state index contributed by atoms with van der Waals surface area (Å²) in [5, 5.41) is 2.29. The summed E-state index contributed by atoms with van der Waals surface area (Å²) in [6.45, 7) is 14.8. The zero-order valence-electron chi connectivity index (χ0n) is 23.5. The van der Waals surface area contributed by atoms with Gasteiger partial charge in [0.15, 0.2) is 0 Å². The Morgan fingerprint density at radius 3 is 1.90 bits per heavy atom. The van der Waals surface area contributed by atoms with Gasteiger partial charge in [0.25, 0.3) is 0 Å². The largest absolute Gasteiger partial charge is 0.459 e. The highest BCUT2D eigenvalue weighted by atomic mass is 16.6. The number of benzene rings is 4. The first-order chi connectivity index (χ1) is 19.2. The maximum absolute atomic E-state index is 12.0. The molecule has 0 radical (unpaired) electrons. The molecule has 0 heterocycles. The van der Waals surface area contributed by atoms with Crippen LogP contribution in [0.25, 0.3) is 10.8 Å². The molecule has 2 atom stereocenters. The van der Waals surface area contributed by atoms with E-state index in [-0.39, 0.29) is 0 Å². The Labute approximate surface area is 236 Å². The number of carbonyl (C=O) groups excluding carboxylic acids is 2. The number of aryl methyl sites for hydroxylation is 2. The van der Waals surface area contributed by atoms with E-state index in [4.69, 9.17) is 9.47 Å². The summed E-state index contributed by atoms with van der Waals surface area (Å²) in [6.07, 6.45) is 1.11. The molecule has 2 unspecified atom stereocenters. The van der Waals surface area contributed by atoms with Crippen molar-refractivity contribution in [1.82, 2.24) is 0 Å². The molecule has 0 saturated heterocycles. The summed E-state index contributed by atoms with van der Waals surface area (Å²) in [4.78, 5) is 26.3. The third kappa shape index (κ3) is 6.15. The average molecular weight is 534 g/mol. The van der Waals surface area contributed by atoms with Crippen molar-refractivity contribution in [2.75, 3.05) is 4.90 Å². The van der Waals surface area contributed by atoms with Crippen LogP contribution in [0.5, 0.6) is 0 Å². The van der Waals surface area contributed by atoms with E-state index in [0.717, 1.165) is 45.6 Å². The van der Waals surface area contributed by atoms with Gasteiger partial charge in [0.1, 0.15) is 12.2 Å². The second-order valence-electron chi connectivity index (χ2n) is 9.91. The number of ether oxygens (including phenoxy) is 2. The van der Waals surface area contributed by atoms with Crippen LogP contribution in [0, 0.1) is 13.8 Å². The molecule has 0 aliphatic carbocycles. The fourth-order valence-electron chi connectivity index (χ4n) is 5.07. The fourth-order valence-corrected chi connectivity index (χ4v) is 5.07. The van der Waals surface area contributed by atoms with E-state index in [0.29, 0.717) is 0 Å². The number of hydrogen-bond acceptors (Lipinski definition) is 5. The van der Waals surface area contributed by atoms with Crippen LogP contribution in [-0.2, 0) is 19.1 Å². The molecule has 5 nitrogen and oxygen atoms in total. The molecule has 0 saturated carbocycles. The van der Waals surface area contributed by atoms with Gasteiger partial charge in [-0.3, -0.25) is 0 Å². The van der Waals surface area contributed by atoms with E-state index in [1.807, 2.05) is 30.3 Å². The molecule has 40 heavy (non-hydrogen) atoms. The molecule has 0 aromatic heterocycles. The minimum absolute atomic E-state index is 0.408. The van der Waals surface area contributed by atoms with E-state index in [1.54, 1.807) is 13.8 Å². The summed E-state index contributed by atoms with van der Waals surface area (Å²) in [5.74, 6) is -1.48. The molecule has 5 heteroatoms. The van der Waals surface area contributed by atoms with E-state index in [2.05, 4.69) is 86.5 Å². The van der Waals surface area contributed by atoms with Gasteiger partial charge in [-0.1, -0.05) is 67.8 Å². The molecular formula is C35H35NO4. The van der Waals surface area contributed by atoms with Crippen LogP contribution in [-0.4, -0.2) is 24.1 Å². The van der Waals surface area contributed by atoms with Crippen molar-refractivity contribution in [3.63, 3.8) is 0 Å². The predicted molar refractivity (Wildman–Crippen MR) is 162 cm³/mol. The number of hydrogen-bond donors (Lipinski definition) is 0. The number of anilines is 3. The van der Waals surface area contributed by atoms with Crippen LogP contribution >= 0.6 is 0 Å². The van der Waals surface area contributed by atoms with Gasteiger partial charge in [-0.25, -0.2) is 9.59 Å². The Bertz CT molecular complexity index is 1510. The van der Waals surface area contributed by atoms with Crippen LogP contribution in [0.1, 0.15) is 36.5 Å². The van der Waals surface area contributed by atoms with Crippen molar-refractivity contribution in [2.45, 2.75) is 45.8 Å². The number of carbonyl (C=O) groups is 2. The van der Waals surface area contributed by atoms with E-state index < -0.39 is 30.1 Å². The zero-order valence-corrected chi connectivity index (χ0v) is 23.5. The molecule has 0 bridgehead atoms. The topological polar surface area (TPSA) is 55.8 Å². The molecule has 4 aromatic carbocycles. The van der Waals surface area contributed by atoms with Gasteiger partial charge in [-0.15, -0.1) is 0 Å². The van der Waals surface area contributed by atoms with Crippen molar-refractivity contribution in [1.29, 1.82) is 0 Å². The molecule has 0 spiro atoms. The number of nitrogens with zero attached hydrogens (tertiary/aromatic N) is 1. The maximum Gasteiger partial charge on any atom is 0.330 e. The van der Waals surface area contributed by atoms with Gasteiger partial charge in [0.2, 0.25) is 0 Å². The lowest BCUT2D eigenvalue weighted by molar-refractivity contribution is -0.149. The summed E-state index contributed by atoms with van der Waals surface area (Å²) in [6, 6.07) is 29.2. The average Bonchev–Trinajstić information content (AvgIpc) is 2.96. The van der Waals surface area contributed by atoms with Crippen molar-refractivity contribution < 1.29 is 19.1 Å².